The maximum Gasteiger partial charge on any atom is 0.261 e. The number of anilines is 2. The van der Waals surface area contributed by atoms with Crippen molar-refractivity contribution in [3.63, 3.8) is 0 Å². The molecule has 0 aliphatic heterocycles. The number of carbonyl (C=O) groups is 2. The van der Waals surface area contributed by atoms with Gasteiger partial charge in [-0.2, -0.15) is 0 Å². The molecule has 0 unspecified atom stereocenters. The van der Waals surface area contributed by atoms with E-state index in [0.29, 0.717) is 16.6 Å². The van der Waals surface area contributed by atoms with Gasteiger partial charge in [-0.3, -0.25) is 19.0 Å². The molecule has 0 fully saturated rings. The van der Waals surface area contributed by atoms with E-state index in [-0.39, 0.29) is 30.1 Å². The third-order valence-corrected chi connectivity index (χ3v) is 3.87. The van der Waals surface area contributed by atoms with Crippen LogP contribution in [0.3, 0.4) is 0 Å². The summed E-state index contributed by atoms with van der Waals surface area (Å²) in [6, 6.07) is 10.8. The number of halogens is 1. The van der Waals surface area contributed by atoms with Crippen molar-refractivity contribution in [3.8, 4) is 0 Å². The average molecular weight is 368 g/mol. The summed E-state index contributed by atoms with van der Waals surface area (Å²) in [5.41, 5.74) is 0.664. The number of amides is 2. The van der Waals surface area contributed by atoms with E-state index in [1.54, 1.807) is 24.3 Å². The van der Waals surface area contributed by atoms with Gasteiger partial charge >= 0.3 is 0 Å². The van der Waals surface area contributed by atoms with Gasteiger partial charge in [0.25, 0.3) is 5.56 Å². The molecule has 0 bridgehead atoms. The minimum Gasteiger partial charge on any atom is -0.326 e. The minimum absolute atomic E-state index is 0.0380. The first-order chi connectivity index (χ1) is 12.9. The summed E-state index contributed by atoms with van der Waals surface area (Å²) in [5.74, 6) is -1.39. The first-order valence-corrected chi connectivity index (χ1v) is 8.25. The van der Waals surface area contributed by atoms with Gasteiger partial charge in [0, 0.05) is 25.6 Å². The third kappa shape index (κ3) is 4.35. The normalized spacial score (nSPS) is 10.6. The Labute approximate surface area is 153 Å². The van der Waals surface area contributed by atoms with Gasteiger partial charge in [0.15, 0.2) is 0 Å². The Morgan fingerprint density at radius 2 is 1.93 bits per heavy atom. The molecule has 0 atom stereocenters. The number of hydrogen-bond acceptors (Lipinski definition) is 4. The summed E-state index contributed by atoms with van der Waals surface area (Å²) >= 11 is 0. The fourth-order valence-corrected chi connectivity index (χ4v) is 2.60. The van der Waals surface area contributed by atoms with E-state index < -0.39 is 11.7 Å². The first-order valence-electron chi connectivity index (χ1n) is 8.25. The zero-order chi connectivity index (χ0) is 19.4. The number of carbonyl (C=O) groups excluding carboxylic acids is 2. The fourth-order valence-electron chi connectivity index (χ4n) is 2.60. The monoisotopic (exact) mass is 368 g/mol. The molecule has 2 aromatic carbocycles. The predicted octanol–water partition coefficient (Wildman–Crippen LogP) is 2.52. The second-order valence-corrected chi connectivity index (χ2v) is 5.93. The first kappa shape index (κ1) is 18.2. The van der Waals surface area contributed by atoms with Gasteiger partial charge in [-0.1, -0.05) is 12.1 Å². The summed E-state index contributed by atoms with van der Waals surface area (Å²) in [5, 5.41) is 5.43. The van der Waals surface area contributed by atoms with Crippen molar-refractivity contribution in [2.75, 3.05) is 10.6 Å². The summed E-state index contributed by atoms with van der Waals surface area (Å²) in [4.78, 5) is 39.8. The van der Waals surface area contributed by atoms with E-state index in [2.05, 4.69) is 15.6 Å². The number of hydrogen-bond donors (Lipinski definition) is 2. The lowest BCUT2D eigenvalue weighted by Crippen LogP contribution is -2.23. The molecule has 0 saturated heterocycles. The molecule has 3 aromatic rings. The van der Waals surface area contributed by atoms with Crippen LogP contribution >= 0.6 is 0 Å². The van der Waals surface area contributed by atoms with Crippen LogP contribution < -0.4 is 16.2 Å². The van der Waals surface area contributed by atoms with E-state index in [9.17, 15) is 18.8 Å². The van der Waals surface area contributed by atoms with Crippen molar-refractivity contribution in [2.24, 2.45) is 0 Å². The van der Waals surface area contributed by atoms with E-state index in [4.69, 9.17) is 0 Å². The topological polar surface area (TPSA) is 93.1 Å². The highest BCUT2D eigenvalue weighted by Gasteiger charge is 2.10. The van der Waals surface area contributed by atoms with Crippen LogP contribution in [-0.2, 0) is 16.1 Å². The second-order valence-electron chi connectivity index (χ2n) is 5.93. The molecule has 0 aliphatic carbocycles. The Balaban J connectivity index is 1.69. The third-order valence-electron chi connectivity index (χ3n) is 3.87. The molecule has 138 valence electrons. The van der Waals surface area contributed by atoms with Crippen LogP contribution in [0.15, 0.2) is 53.6 Å². The second kappa shape index (κ2) is 7.77. The Morgan fingerprint density at radius 3 is 2.70 bits per heavy atom. The molecule has 2 N–H and O–H groups in total. The summed E-state index contributed by atoms with van der Waals surface area (Å²) in [6.07, 6.45) is 1.35. The summed E-state index contributed by atoms with van der Waals surface area (Å²) in [6.45, 7) is 1.44. The van der Waals surface area contributed by atoms with Crippen molar-refractivity contribution in [3.05, 3.63) is 65.0 Å². The zero-order valence-corrected chi connectivity index (χ0v) is 14.5. The van der Waals surface area contributed by atoms with Crippen molar-refractivity contribution in [1.29, 1.82) is 0 Å². The zero-order valence-electron chi connectivity index (χ0n) is 14.5. The molecule has 2 amide bonds. The number of benzene rings is 2. The smallest absolute Gasteiger partial charge is 0.261 e. The van der Waals surface area contributed by atoms with Crippen LogP contribution in [0.5, 0.6) is 0 Å². The Bertz CT molecular complexity index is 1080. The van der Waals surface area contributed by atoms with E-state index >= 15 is 0 Å². The summed E-state index contributed by atoms with van der Waals surface area (Å²) < 4.78 is 15.2. The highest BCUT2D eigenvalue weighted by Crippen LogP contribution is 2.20. The highest BCUT2D eigenvalue weighted by atomic mass is 19.1. The number of rotatable bonds is 5. The lowest BCUT2D eigenvalue weighted by Gasteiger charge is -2.10. The van der Waals surface area contributed by atoms with Gasteiger partial charge in [-0.05, 0) is 30.3 Å². The van der Waals surface area contributed by atoms with Crippen LogP contribution in [0, 0.1) is 5.82 Å². The molecule has 1 aromatic heterocycles. The predicted molar refractivity (Wildman–Crippen MR) is 100.0 cm³/mol. The van der Waals surface area contributed by atoms with Crippen LogP contribution in [-0.4, -0.2) is 21.4 Å². The standard InChI is InChI=1S/C19H17FN4O3/c1-12(25)22-13-6-7-15(20)17(10-13)23-18(26)8-9-24-11-21-16-5-3-2-4-14(16)19(24)27/h2-7,10-11H,8-9H2,1H3,(H,22,25)(H,23,26). The molecular weight excluding hydrogens is 351 g/mol. The number of nitrogens with one attached hydrogen (secondary N) is 2. The van der Waals surface area contributed by atoms with Crippen LogP contribution in [0.1, 0.15) is 13.3 Å². The van der Waals surface area contributed by atoms with E-state index in [1.807, 2.05) is 0 Å². The molecule has 0 saturated carbocycles. The van der Waals surface area contributed by atoms with Gasteiger partial charge in [-0.15, -0.1) is 0 Å². The molecule has 27 heavy (non-hydrogen) atoms. The molecule has 7 nitrogen and oxygen atoms in total. The van der Waals surface area contributed by atoms with Gasteiger partial charge < -0.3 is 10.6 Å². The van der Waals surface area contributed by atoms with Crippen LogP contribution in [0.2, 0.25) is 0 Å². The summed E-state index contributed by atoms with van der Waals surface area (Å²) in [7, 11) is 0. The van der Waals surface area contributed by atoms with Gasteiger partial charge in [0.2, 0.25) is 11.8 Å². The molecular formula is C19H17FN4O3. The lowest BCUT2D eigenvalue weighted by atomic mass is 10.2. The van der Waals surface area contributed by atoms with Gasteiger partial charge in [0.05, 0.1) is 22.9 Å². The number of aromatic nitrogens is 2. The Hall–Kier alpha value is -3.55. The maximum atomic E-state index is 13.9. The van der Waals surface area contributed by atoms with E-state index in [1.165, 1.54) is 30.0 Å². The van der Waals surface area contributed by atoms with Gasteiger partial charge in [-0.25, -0.2) is 9.37 Å². The fraction of sp³-hybridized carbons (Fsp3) is 0.158. The number of aryl methyl sites for hydroxylation is 1. The Kier molecular flexibility index (Phi) is 5.25. The largest absolute Gasteiger partial charge is 0.326 e. The quantitative estimate of drug-likeness (QED) is 0.724. The molecule has 0 aliphatic rings. The molecule has 3 rings (SSSR count). The van der Waals surface area contributed by atoms with Crippen LogP contribution in [0.25, 0.3) is 10.9 Å². The van der Waals surface area contributed by atoms with E-state index in [0.717, 1.165) is 6.07 Å². The SMILES string of the molecule is CC(=O)Nc1ccc(F)c(NC(=O)CCn2cnc3ccccc3c2=O)c1. The van der Waals surface area contributed by atoms with Gasteiger partial charge in [0.1, 0.15) is 5.82 Å². The number of fused-ring (bicyclic) bond motifs is 1. The van der Waals surface area contributed by atoms with Crippen molar-refractivity contribution >= 4 is 34.1 Å². The number of para-hydroxylation sites is 1. The average Bonchev–Trinajstić information content (AvgIpc) is 2.64. The van der Waals surface area contributed by atoms with Crippen LogP contribution in [0.4, 0.5) is 15.8 Å². The highest BCUT2D eigenvalue weighted by molar-refractivity contribution is 5.93. The maximum absolute atomic E-state index is 13.9. The molecule has 0 radical (unpaired) electrons. The Morgan fingerprint density at radius 1 is 1.15 bits per heavy atom. The molecule has 8 heteroatoms. The lowest BCUT2D eigenvalue weighted by molar-refractivity contribution is -0.116. The minimum atomic E-state index is -0.623. The van der Waals surface area contributed by atoms with Crippen molar-refractivity contribution < 1.29 is 14.0 Å². The number of nitrogens with zero attached hydrogens (tertiary/aromatic N) is 2. The van der Waals surface area contributed by atoms with Crippen molar-refractivity contribution in [2.45, 2.75) is 19.9 Å². The molecule has 1 heterocycles. The molecule has 0 spiro atoms. The van der Waals surface area contributed by atoms with Crippen molar-refractivity contribution in [1.82, 2.24) is 9.55 Å².